The SMILES string of the molecule is CCCNC(C)c1ncc(-c2cc(F)cc(Br)c2)o1. The van der Waals surface area contributed by atoms with Crippen molar-refractivity contribution in [3.05, 3.63) is 40.6 Å². The van der Waals surface area contributed by atoms with Crippen molar-refractivity contribution in [3.8, 4) is 11.3 Å². The van der Waals surface area contributed by atoms with E-state index in [0.29, 0.717) is 21.7 Å². The molecule has 0 aliphatic heterocycles. The summed E-state index contributed by atoms with van der Waals surface area (Å²) in [6.07, 6.45) is 2.68. The van der Waals surface area contributed by atoms with Crippen LogP contribution in [0.2, 0.25) is 0 Å². The topological polar surface area (TPSA) is 38.1 Å². The largest absolute Gasteiger partial charge is 0.439 e. The molecule has 1 aromatic heterocycles. The molecule has 0 saturated carbocycles. The molecule has 1 heterocycles. The molecule has 2 aromatic rings. The summed E-state index contributed by atoms with van der Waals surface area (Å²) in [7, 11) is 0. The Morgan fingerprint density at radius 2 is 2.21 bits per heavy atom. The molecule has 0 radical (unpaired) electrons. The van der Waals surface area contributed by atoms with E-state index in [1.807, 2.05) is 6.92 Å². The highest BCUT2D eigenvalue weighted by Gasteiger charge is 2.13. The van der Waals surface area contributed by atoms with Crippen molar-refractivity contribution < 1.29 is 8.81 Å². The lowest BCUT2D eigenvalue weighted by Crippen LogP contribution is -2.19. The highest BCUT2D eigenvalue weighted by molar-refractivity contribution is 9.10. The lowest BCUT2D eigenvalue weighted by atomic mass is 10.2. The first kappa shape index (κ1) is 14.2. The Hall–Kier alpha value is -1.20. The zero-order chi connectivity index (χ0) is 13.8. The van der Waals surface area contributed by atoms with Gasteiger partial charge in [0.15, 0.2) is 5.76 Å². The Bertz CT molecular complexity index is 536. The van der Waals surface area contributed by atoms with Gasteiger partial charge in [0.05, 0.1) is 12.2 Å². The first-order chi connectivity index (χ1) is 9.10. The van der Waals surface area contributed by atoms with Gasteiger partial charge < -0.3 is 9.73 Å². The van der Waals surface area contributed by atoms with Gasteiger partial charge in [0, 0.05) is 10.0 Å². The van der Waals surface area contributed by atoms with E-state index < -0.39 is 0 Å². The number of hydrogen-bond donors (Lipinski definition) is 1. The average molecular weight is 327 g/mol. The van der Waals surface area contributed by atoms with Gasteiger partial charge in [0.2, 0.25) is 5.89 Å². The number of nitrogens with one attached hydrogen (secondary N) is 1. The fraction of sp³-hybridized carbons (Fsp3) is 0.357. The third-order valence-corrected chi connectivity index (χ3v) is 3.20. The predicted octanol–water partition coefficient (Wildman–Crippen LogP) is 4.30. The minimum Gasteiger partial charge on any atom is -0.439 e. The first-order valence-electron chi connectivity index (χ1n) is 6.25. The molecule has 0 aliphatic rings. The minimum absolute atomic E-state index is 0.0469. The molecule has 0 bridgehead atoms. The molecule has 3 nitrogen and oxygen atoms in total. The third kappa shape index (κ3) is 3.64. The monoisotopic (exact) mass is 326 g/mol. The predicted molar refractivity (Wildman–Crippen MR) is 76.3 cm³/mol. The van der Waals surface area contributed by atoms with Crippen LogP contribution in [0.15, 0.2) is 33.3 Å². The smallest absolute Gasteiger partial charge is 0.211 e. The zero-order valence-electron chi connectivity index (χ0n) is 10.9. The van der Waals surface area contributed by atoms with Gasteiger partial charge in [0.25, 0.3) is 0 Å². The molecular formula is C14H16BrFN2O. The molecule has 0 spiro atoms. The summed E-state index contributed by atoms with van der Waals surface area (Å²) in [6, 6.07) is 4.69. The number of nitrogens with zero attached hydrogens (tertiary/aromatic N) is 1. The normalized spacial score (nSPS) is 12.6. The van der Waals surface area contributed by atoms with Crippen molar-refractivity contribution in [2.75, 3.05) is 6.54 Å². The van der Waals surface area contributed by atoms with Gasteiger partial charge in [-0.1, -0.05) is 22.9 Å². The summed E-state index contributed by atoms with van der Waals surface area (Å²) in [5.74, 6) is 0.878. The first-order valence-corrected chi connectivity index (χ1v) is 7.05. The molecule has 19 heavy (non-hydrogen) atoms. The Morgan fingerprint density at radius 3 is 2.89 bits per heavy atom. The second-order valence-electron chi connectivity index (χ2n) is 4.40. The number of rotatable bonds is 5. The summed E-state index contributed by atoms with van der Waals surface area (Å²) in [5.41, 5.74) is 0.674. The highest BCUT2D eigenvalue weighted by atomic mass is 79.9. The van der Waals surface area contributed by atoms with E-state index in [-0.39, 0.29) is 11.9 Å². The minimum atomic E-state index is -0.306. The standard InChI is InChI=1S/C14H16BrFN2O/c1-3-4-17-9(2)14-18-8-13(19-14)10-5-11(15)7-12(16)6-10/h5-9,17H,3-4H2,1-2H3. The van der Waals surface area contributed by atoms with E-state index in [1.165, 1.54) is 12.1 Å². The molecule has 0 fully saturated rings. The van der Waals surface area contributed by atoms with E-state index in [9.17, 15) is 4.39 Å². The zero-order valence-corrected chi connectivity index (χ0v) is 12.5. The molecule has 102 valence electrons. The fourth-order valence-electron chi connectivity index (χ4n) is 1.77. The maximum absolute atomic E-state index is 13.3. The van der Waals surface area contributed by atoms with E-state index in [0.717, 1.165) is 13.0 Å². The Labute approximate surface area is 120 Å². The van der Waals surface area contributed by atoms with Gasteiger partial charge in [-0.15, -0.1) is 0 Å². The van der Waals surface area contributed by atoms with Gasteiger partial charge in [-0.3, -0.25) is 0 Å². The summed E-state index contributed by atoms with van der Waals surface area (Å²) < 4.78 is 19.7. The van der Waals surface area contributed by atoms with Crippen molar-refractivity contribution >= 4 is 15.9 Å². The van der Waals surface area contributed by atoms with Crippen LogP contribution in [0.4, 0.5) is 4.39 Å². The van der Waals surface area contributed by atoms with Crippen LogP contribution in [0.1, 0.15) is 32.2 Å². The maximum atomic E-state index is 13.3. The molecule has 1 aromatic carbocycles. The van der Waals surface area contributed by atoms with Crippen LogP contribution in [0, 0.1) is 5.82 Å². The van der Waals surface area contributed by atoms with Crippen LogP contribution in [-0.4, -0.2) is 11.5 Å². The van der Waals surface area contributed by atoms with Crippen molar-refractivity contribution in [3.63, 3.8) is 0 Å². The quantitative estimate of drug-likeness (QED) is 0.889. The Morgan fingerprint density at radius 1 is 1.42 bits per heavy atom. The molecule has 1 N–H and O–H groups in total. The van der Waals surface area contributed by atoms with Gasteiger partial charge in [-0.25, -0.2) is 9.37 Å². The van der Waals surface area contributed by atoms with Crippen LogP contribution in [-0.2, 0) is 0 Å². The average Bonchev–Trinajstić information content (AvgIpc) is 2.84. The van der Waals surface area contributed by atoms with Gasteiger partial charge >= 0.3 is 0 Å². The molecule has 0 saturated heterocycles. The fourth-order valence-corrected chi connectivity index (χ4v) is 2.23. The lowest BCUT2D eigenvalue weighted by Gasteiger charge is -2.08. The molecule has 1 unspecified atom stereocenters. The second kappa shape index (κ2) is 6.30. The van der Waals surface area contributed by atoms with Gasteiger partial charge in [0.1, 0.15) is 5.82 Å². The van der Waals surface area contributed by atoms with Crippen molar-refractivity contribution in [1.29, 1.82) is 0 Å². The second-order valence-corrected chi connectivity index (χ2v) is 5.31. The highest BCUT2D eigenvalue weighted by Crippen LogP contribution is 2.26. The van der Waals surface area contributed by atoms with Crippen molar-refractivity contribution in [1.82, 2.24) is 10.3 Å². The summed E-state index contributed by atoms with van der Waals surface area (Å²) in [6.45, 7) is 5.00. The third-order valence-electron chi connectivity index (χ3n) is 2.74. The van der Waals surface area contributed by atoms with Crippen molar-refractivity contribution in [2.45, 2.75) is 26.3 Å². The van der Waals surface area contributed by atoms with Gasteiger partial charge in [-0.05, 0) is 38.1 Å². The Balaban J connectivity index is 2.20. The Kier molecular flexibility index (Phi) is 4.71. The molecule has 2 rings (SSSR count). The van der Waals surface area contributed by atoms with Crippen molar-refractivity contribution in [2.24, 2.45) is 0 Å². The summed E-state index contributed by atoms with van der Waals surface area (Å²) in [5, 5.41) is 3.30. The molecule has 0 aliphatic carbocycles. The molecule has 0 amide bonds. The molecule has 1 atom stereocenters. The number of hydrogen-bond acceptors (Lipinski definition) is 3. The number of aromatic nitrogens is 1. The maximum Gasteiger partial charge on any atom is 0.211 e. The van der Waals surface area contributed by atoms with Crippen LogP contribution in [0.25, 0.3) is 11.3 Å². The van der Waals surface area contributed by atoms with E-state index in [1.54, 1.807) is 12.3 Å². The molecule has 5 heteroatoms. The van der Waals surface area contributed by atoms with Crippen LogP contribution >= 0.6 is 15.9 Å². The lowest BCUT2D eigenvalue weighted by molar-refractivity contribution is 0.423. The van der Waals surface area contributed by atoms with E-state index in [2.05, 4.69) is 33.2 Å². The number of benzene rings is 1. The van der Waals surface area contributed by atoms with Crippen LogP contribution in [0.3, 0.4) is 0 Å². The van der Waals surface area contributed by atoms with E-state index >= 15 is 0 Å². The van der Waals surface area contributed by atoms with Crippen LogP contribution < -0.4 is 5.32 Å². The van der Waals surface area contributed by atoms with Crippen LogP contribution in [0.5, 0.6) is 0 Å². The molecular weight excluding hydrogens is 311 g/mol. The van der Waals surface area contributed by atoms with E-state index in [4.69, 9.17) is 4.42 Å². The summed E-state index contributed by atoms with van der Waals surface area (Å²) >= 11 is 3.27. The number of halogens is 2. The summed E-state index contributed by atoms with van der Waals surface area (Å²) in [4.78, 5) is 4.24. The number of oxazole rings is 1. The van der Waals surface area contributed by atoms with Gasteiger partial charge in [-0.2, -0.15) is 0 Å².